The predicted octanol–water partition coefficient (Wildman–Crippen LogP) is 2.05. The van der Waals surface area contributed by atoms with Gasteiger partial charge < -0.3 is 10.5 Å². The monoisotopic (exact) mass is 220 g/mol. The molecule has 4 nitrogen and oxygen atoms in total. The van der Waals surface area contributed by atoms with Crippen molar-refractivity contribution in [3.8, 4) is 0 Å². The SMILES string of the molecule is COC(=O)N1CCCC(N)c2ccccc21. The van der Waals surface area contributed by atoms with E-state index in [2.05, 4.69) is 0 Å². The first-order valence-corrected chi connectivity index (χ1v) is 5.44. The summed E-state index contributed by atoms with van der Waals surface area (Å²) >= 11 is 0. The Labute approximate surface area is 95.0 Å². The number of amides is 1. The topological polar surface area (TPSA) is 55.6 Å². The van der Waals surface area contributed by atoms with Gasteiger partial charge in [0.1, 0.15) is 0 Å². The number of hydrogen-bond donors (Lipinski definition) is 1. The lowest BCUT2D eigenvalue weighted by Crippen LogP contribution is -2.31. The number of anilines is 1. The minimum absolute atomic E-state index is 0.00542. The van der Waals surface area contributed by atoms with Crippen LogP contribution in [0.4, 0.5) is 10.5 Å². The van der Waals surface area contributed by atoms with Crippen LogP contribution in [0, 0.1) is 0 Å². The fraction of sp³-hybridized carbons (Fsp3) is 0.417. The minimum atomic E-state index is -0.318. The zero-order chi connectivity index (χ0) is 11.5. The van der Waals surface area contributed by atoms with Crippen LogP contribution in [0.2, 0.25) is 0 Å². The maximum Gasteiger partial charge on any atom is 0.414 e. The molecule has 1 aliphatic rings. The van der Waals surface area contributed by atoms with Crippen molar-refractivity contribution >= 4 is 11.8 Å². The first kappa shape index (κ1) is 11.0. The van der Waals surface area contributed by atoms with Gasteiger partial charge in [0.15, 0.2) is 0 Å². The quantitative estimate of drug-likeness (QED) is 0.728. The summed E-state index contributed by atoms with van der Waals surface area (Å²) < 4.78 is 4.78. The molecule has 1 atom stereocenters. The van der Waals surface area contributed by atoms with Crippen LogP contribution in [0.25, 0.3) is 0 Å². The number of fused-ring (bicyclic) bond motifs is 1. The Morgan fingerprint density at radius 1 is 1.50 bits per heavy atom. The molecule has 1 amide bonds. The second-order valence-electron chi connectivity index (χ2n) is 3.93. The van der Waals surface area contributed by atoms with Crippen LogP contribution in [-0.4, -0.2) is 19.7 Å². The molecule has 0 aliphatic carbocycles. The Hall–Kier alpha value is -1.55. The molecular weight excluding hydrogens is 204 g/mol. The van der Waals surface area contributed by atoms with Crippen LogP contribution in [0.1, 0.15) is 24.4 Å². The highest BCUT2D eigenvalue weighted by molar-refractivity contribution is 5.88. The molecule has 1 heterocycles. The van der Waals surface area contributed by atoms with E-state index in [1.165, 1.54) is 7.11 Å². The van der Waals surface area contributed by atoms with Gasteiger partial charge in [-0.2, -0.15) is 0 Å². The summed E-state index contributed by atoms with van der Waals surface area (Å²) in [5.41, 5.74) is 7.96. The van der Waals surface area contributed by atoms with Crippen LogP contribution in [0.5, 0.6) is 0 Å². The molecule has 0 saturated carbocycles. The van der Waals surface area contributed by atoms with Crippen molar-refractivity contribution in [2.45, 2.75) is 18.9 Å². The Kier molecular flexibility index (Phi) is 3.10. The van der Waals surface area contributed by atoms with Crippen LogP contribution in [0.3, 0.4) is 0 Å². The molecule has 1 aromatic rings. The number of carbonyl (C=O) groups excluding carboxylic acids is 1. The zero-order valence-corrected chi connectivity index (χ0v) is 9.35. The van der Waals surface area contributed by atoms with Crippen molar-refractivity contribution in [1.29, 1.82) is 0 Å². The Bertz CT molecular complexity index is 392. The van der Waals surface area contributed by atoms with Gasteiger partial charge in [-0.25, -0.2) is 4.79 Å². The third-order valence-electron chi connectivity index (χ3n) is 2.92. The number of hydrogen-bond acceptors (Lipinski definition) is 3. The number of methoxy groups -OCH3 is 1. The van der Waals surface area contributed by atoms with E-state index >= 15 is 0 Å². The molecule has 0 saturated heterocycles. The summed E-state index contributed by atoms with van der Waals surface area (Å²) in [4.78, 5) is 13.3. The van der Waals surface area contributed by atoms with Crippen LogP contribution < -0.4 is 10.6 Å². The van der Waals surface area contributed by atoms with Gasteiger partial charge in [-0.3, -0.25) is 4.90 Å². The number of para-hydroxylation sites is 1. The Morgan fingerprint density at radius 2 is 2.25 bits per heavy atom. The molecule has 2 rings (SSSR count). The van der Waals surface area contributed by atoms with Gasteiger partial charge in [0.2, 0.25) is 0 Å². The maximum absolute atomic E-state index is 11.7. The van der Waals surface area contributed by atoms with Gasteiger partial charge in [-0.15, -0.1) is 0 Å². The highest BCUT2D eigenvalue weighted by Crippen LogP contribution is 2.31. The largest absolute Gasteiger partial charge is 0.452 e. The highest BCUT2D eigenvalue weighted by atomic mass is 16.5. The second kappa shape index (κ2) is 4.53. The number of nitrogens with two attached hydrogens (primary N) is 1. The Morgan fingerprint density at radius 3 is 3.00 bits per heavy atom. The first-order valence-electron chi connectivity index (χ1n) is 5.44. The number of ether oxygens (including phenoxy) is 1. The van der Waals surface area contributed by atoms with E-state index in [-0.39, 0.29) is 12.1 Å². The fourth-order valence-electron chi connectivity index (χ4n) is 2.09. The third-order valence-corrected chi connectivity index (χ3v) is 2.92. The minimum Gasteiger partial charge on any atom is -0.452 e. The van der Waals surface area contributed by atoms with E-state index in [1.54, 1.807) is 4.90 Å². The van der Waals surface area contributed by atoms with Crippen LogP contribution in [-0.2, 0) is 4.74 Å². The van der Waals surface area contributed by atoms with Crippen molar-refractivity contribution in [2.24, 2.45) is 5.73 Å². The van der Waals surface area contributed by atoms with E-state index < -0.39 is 0 Å². The summed E-state index contributed by atoms with van der Waals surface area (Å²) in [7, 11) is 1.40. The van der Waals surface area contributed by atoms with Gasteiger partial charge in [0, 0.05) is 12.6 Å². The van der Waals surface area contributed by atoms with E-state index in [4.69, 9.17) is 10.5 Å². The second-order valence-corrected chi connectivity index (χ2v) is 3.93. The van der Waals surface area contributed by atoms with E-state index in [0.29, 0.717) is 6.54 Å². The molecule has 86 valence electrons. The van der Waals surface area contributed by atoms with Gasteiger partial charge in [0.05, 0.1) is 12.8 Å². The van der Waals surface area contributed by atoms with Crippen LogP contribution >= 0.6 is 0 Å². The lowest BCUT2D eigenvalue weighted by molar-refractivity contribution is 0.178. The molecule has 1 unspecified atom stereocenters. The number of nitrogens with zero attached hydrogens (tertiary/aromatic N) is 1. The van der Waals surface area contributed by atoms with Gasteiger partial charge in [-0.1, -0.05) is 18.2 Å². The van der Waals surface area contributed by atoms with Crippen molar-refractivity contribution in [3.63, 3.8) is 0 Å². The molecule has 16 heavy (non-hydrogen) atoms. The zero-order valence-electron chi connectivity index (χ0n) is 9.35. The molecule has 0 fully saturated rings. The smallest absolute Gasteiger partial charge is 0.414 e. The molecular formula is C12H16N2O2. The molecule has 0 bridgehead atoms. The predicted molar refractivity (Wildman–Crippen MR) is 62.4 cm³/mol. The molecule has 1 aliphatic heterocycles. The number of rotatable bonds is 0. The summed E-state index contributed by atoms with van der Waals surface area (Å²) in [5, 5.41) is 0. The number of carbonyl (C=O) groups is 1. The highest BCUT2D eigenvalue weighted by Gasteiger charge is 2.24. The molecule has 0 radical (unpaired) electrons. The van der Waals surface area contributed by atoms with Crippen molar-refractivity contribution in [1.82, 2.24) is 0 Å². The van der Waals surface area contributed by atoms with E-state index in [0.717, 1.165) is 24.1 Å². The summed E-state index contributed by atoms with van der Waals surface area (Å²) in [6.07, 6.45) is 1.47. The molecule has 1 aromatic carbocycles. The average molecular weight is 220 g/mol. The van der Waals surface area contributed by atoms with Crippen molar-refractivity contribution in [2.75, 3.05) is 18.6 Å². The molecule has 4 heteroatoms. The molecule has 2 N–H and O–H groups in total. The normalized spacial score (nSPS) is 19.9. The maximum atomic E-state index is 11.7. The molecule has 0 aromatic heterocycles. The fourth-order valence-corrected chi connectivity index (χ4v) is 2.09. The van der Waals surface area contributed by atoms with Crippen LogP contribution in [0.15, 0.2) is 24.3 Å². The first-order chi connectivity index (χ1) is 7.74. The van der Waals surface area contributed by atoms with E-state index in [9.17, 15) is 4.79 Å². The van der Waals surface area contributed by atoms with Gasteiger partial charge in [-0.05, 0) is 24.5 Å². The van der Waals surface area contributed by atoms with E-state index in [1.807, 2.05) is 24.3 Å². The van der Waals surface area contributed by atoms with Gasteiger partial charge >= 0.3 is 6.09 Å². The molecule has 0 spiro atoms. The standard InChI is InChI=1S/C12H16N2O2/c1-16-12(15)14-8-4-6-10(13)9-5-2-3-7-11(9)14/h2-3,5,7,10H,4,6,8,13H2,1H3. The van der Waals surface area contributed by atoms with Gasteiger partial charge in [0.25, 0.3) is 0 Å². The average Bonchev–Trinajstić information content (AvgIpc) is 2.49. The lowest BCUT2D eigenvalue weighted by Gasteiger charge is -2.21. The number of benzene rings is 1. The summed E-state index contributed by atoms with van der Waals surface area (Å²) in [6, 6.07) is 7.75. The summed E-state index contributed by atoms with van der Waals surface area (Å²) in [5.74, 6) is 0. The Balaban J connectivity index is 2.42. The third kappa shape index (κ3) is 1.88. The lowest BCUT2D eigenvalue weighted by atomic mass is 10.0. The van der Waals surface area contributed by atoms with Crippen molar-refractivity contribution in [3.05, 3.63) is 29.8 Å². The summed E-state index contributed by atoms with van der Waals surface area (Å²) in [6.45, 7) is 0.664. The van der Waals surface area contributed by atoms with Crippen molar-refractivity contribution < 1.29 is 9.53 Å².